The summed E-state index contributed by atoms with van der Waals surface area (Å²) in [7, 11) is 0. The Bertz CT molecular complexity index is 184. The van der Waals surface area contributed by atoms with Gasteiger partial charge in [0, 0.05) is 39.3 Å². The fraction of sp³-hybridized carbons (Fsp3) is 1.00. The van der Waals surface area contributed by atoms with Gasteiger partial charge in [0.15, 0.2) is 0 Å². The molecule has 0 aromatic heterocycles. The number of aliphatic hydroxyl groups is 1. The number of morpholine rings is 1. The van der Waals surface area contributed by atoms with Crippen molar-refractivity contribution in [2.24, 2.45) is 5.92 Å². The molecule has 4 heteroatoms. The van der Waals surface area contributed by atoms with Crippen LogP contribution in [0.15, 0.2) is 0 Å². The smallest absolute Gasteiger partial charge is 0.0594 e. The van der Waals surface area contributed by atoms with Gasteiger partial charge in [0.1, 0.15) is 0 Å². The molecule has 0 aromatic rings. The molecule has 1 atom stereocenters. The molecule has 1 unspecified atom stereocenters. The standard InChI is InChI=1S/C13H28N2O2/c1-3-13(2)12-15(6-9-16)5-4-14-7-10-17-11-8-14/h13,16H,3-12H2,1-2H3. The van der Waals surface area contributed by atoms with Crippen LogP contribution >= 0.6 is 0 Å². The second-order valence-corrected chi connectivity index (χ2v) is 4.99. The van der Waals surface area contributed by atoms with Gasteiger partial charge in [-0.3, -0.25) is 9.80 Å². The van der Waals surface area contributed by atoms with Crippen molar-refractivity contribution >= 4 is 0 Å². The maximum Gasteiger partial charge on any atom is 0.0594 e. The molecule has 1 aliphatic rings. The Kier molecular flexibility index (Phi) is 7.77. The van der Waals surface area contributed by atoms with Crippen molar-refractivity contribution in [3.63, 3.8) is 0 Å². The summed E-state index contributed by atoms with van der Waals surface area (Å²) in [4.78, 5) is 4.83. The van der Waals surface area contributed by atoms with Crippen molar-refractivity contribution in [3.8, 4) is 0 Å². The SMILES string of the molecule is CCC(C)CN(CCO)CCN1CCOCC1. The molecular formula is C13H28N2O2. The van der Waals surface area contributed by atoms with Gasteiger partial charge in [-0.25, -0.2) is 0 Å². The van der Waals surface area contributed by atoms with Crippen molar-refractivity contribution < 1.29 is 9.84 Å². The zero-order valence-electron chi connectivity index (χ0n) is 11.4. The number of ether oxygens (including phenoxy) is 1. The lowest BCUT2D eigenvalue weighted by molar-refractivity contribution is 0.0316. The van der Waals surface area contributed by atoms with E-state index in [-0.39, 0.29) is 6.61 Å². The number of nitrogens with zero attached hydrogens (tertiary/aromatic N) is 2. The summed E-state index contributed by atoms with van der Waals surface area (Å²) >= 11 is 0. The molecule has 1 rings (SSSR count). The van der Waals surface area contributed by atoms with Gasteiger partial charge in [-0.1, -0.05) is 20.3 Å². The average Bonchev–Trinajstić information content (AvgIpc) is 2.37. The van der Waals surface area contributed by atoms with Gasteiger partial charge in [0.25, 0.3) is 0 Å². The van der Waals surface area contributed by atoms with Gasteiger partial charge in [0.05, 0.1) is 19.8 Å². The minimum atomic E-state index is 0.263. The van der Waals surface area contributed by atoms with Crippen LogP contribution in [0.25, 0.3) is 0 Å². The topological polar surface area (TPSA) is 35.9 Å². The number of rotatable bonds is 8. The van der Waals surface area contributed by atoms with Crippen LogP contribution in [0.3, 0.4) is 0 Å². The summed E-state index contributed by atoms with van der Waals surface area (Å²) in [5, 5.41) is 9.08. The van der Waals surface area contributed by atoms with Crippen molar-refractivity contribution in [1.29, 1.82) is 0 Å². The third-order valence-corrected chi connectivity index (χ3v) is 3.52. The van der Waals surface area contributed by atoms with E-state index in [2.05, 4.69) is 23.6 Å². The van der Waals surface area contributed by atoms with Gasteiger partial charge in [-0.05, 0) is 5.92 Å². The van der Waals surface area contributed by atoms with Gasteiger partial charge in [-0.15, -0.1) is 0 Å². The fourth-order valence-electron chi connectivity index (χ4n) is 2.11. The maximum absolute atomic E-state index is 9.08. The first-order valence-corrected chi connectivity index (χ1v) is 6.89. The largest absolute Gasteiger partial charge is 0.395 e. The Hall–Kier alpha value is -0.160. The molecule has 0 spiro atoms. The van der Waals surface area contributed by atoms with Crippen molar-refractivity contribution in [1.82, 2.24) is 9.80 Å². The lowest BCUT2D eigenvalue weighted by Crippen LogP contribution is -2.43. The molecule has 0 radical (unpaired) electrons. The van der Waals surface area contributed by atoms with Gasteiger partial charge < -0.3 is 9.84 Å². The van der Waals surface area contributed by atoms with Gasteiger partial charge >= 0.3 is 0 Å². The van der Waals surface area contributed by atoms with Crippen LogP contribution in [0.1, 0.15) is 20.3 Å². The minimum absolute atomic E-state index is 0.263. The van der Waals surface area contributed by atoms with Crippen molar-refractivity contribution in [2.75, 3.05) is 59.1 Å². The van der Waals surface area contributed by atoms with Crippen molar-refractivity contribution in [3.05, 3.63) is 0 Å². The van der Waals surface area contributed by atoms with E-state index in [9.17, 15) is 0 Å². The Morgan fingerprint density at radius 3 is 2.59 bits per heavy atom. The summed E-state index contributed by atoms with van der Waals surface area (Å²) in [6, 6.07) is 0. The maximum atomic E-state index is 9.08. The van der Waals surface area contributed by atoms with Crippen LogP contribution in [0.4, 0.5) is 0 Å². The van der Waals surface area contributed by atoms with E-state index in [0.717, 1.165) is 52.5 Å². The van der Waals surface area contributed by atoms with Crippen LogP contribution in [-0.2, 0) is 4.74 Å². The molecule has 1 N–H and O–H groups in total. The highest BCUT2D eigenvalue weighted by atomic mass is 16.5. The molecule has 102 valence electrons. The molecule has 4 nitrogen and oxygen atoms in total. The molecule has 0 aliphatic carbocycles. The van der Waals surface area contributed by atoms with E-state index < -0.39 is 0 Å². The third kappa shape index (κ3) is 6.36. The monoisotopic (exact) mass is 244 g/mol. The molecule has 0 aromatic carbocycles. The molecule has 0 saturated carbocycles. The first-order chi connectivity index (χ1) is 8.26. The molecule has 1 fully saturated rings. The lowest BCUT2D eigenvalue weighted by Gasteiger charge is -2.30. The summed E-state index contributed by atoms with van der Waals surface area (Å²) in [6.07, 6.45) is 1.21. The summed E-state index contributed by atoms with van der Waals surface area (Å²) in [6.45, 7) is 12.7. The summed E-state index contributed by atoms with van der Waals surface area (Å²) < 4.78 is 5.34. The molecule has 0 bridgehead atoms. The van der Waals surface area contributed by atoms with Crippen molar-refractivity contribution in [2.45, 2.75) is 20.3 Å². The molecule has 1 aliphatic heterocycles. The predicted octanol–water partition coefficient (Wildman–Crippen LogP) is 0.659. The van der Waals surface area contributed by atoms with Gasteiger partial charge in [-0.2, -0.15) is 0 Å². The highest BCUT2D eigenvalue weighted by molar-refractivity contribution is 4.67. The van der Waals surface area contributed by atoms with Gasteiger partial charge in [0.2, 0.25) is 0 Å². The Labute approximate surface area is 106 Å². The number of aliphatic hydroxyl groups excluding tert-OH is 1. The zero-order chi connectivity index (χ0) is 12.5. The third-order valence-electron chi connectivity index (χ3n) is 3.52. The molecule has 1 saturated heterocycles. The Morgan fingerprint density at radius 2 is 2.00 bits per heavy atom. The van der Waals surface area contributed by atoms with Crippen LogP contribution < -0.4 is 0 Å². The van der Waals surface area contributed by atoms with E-state index in [1.54, 1.807) is 0 Å². The summed E-state index contributed by atoms with van der Waals surface area (Å²) in [5.41, 5.74) is 0. The number of hydrogen-bond donors (Lipinski definition) is 1. The molecule has 0 amide bonds. The number of hydrogen-bond acceptors (Lipinski definition) is 4. The molecular weight excluding hydrogens is 216 g/mol. The highest BCUT2D eigenvalue weighted by Crippen LogP contribution is 2.05. The second kappa shape index (κ2) is 8.86. The quantitative estimate of drug-likeness (QED) is 0.680. The highest BCUT2D eigenvalue weighted by Gasteiger charge is 2.13. The van der Waals surface area contributed by atoms with E-state index in [1.807, 2.05) is 0 Å². The summed E-state index contributed by atoms with van der Waals surface area (Å²) in [5.74, 6) is 0.714. The average molecular weight is 244 g/mol. The molecule has 17 heavy (non-hydrogen) atoms. The Morgan fingerprint density at radius 1 is 1.29 bits per heavy atom. The first-order valence-electron chi connectivity index (χ1n) is 6.89. The Balaban J connectivity index is 2.22. The van der Waals surface area contributed by atoms with Crippen LogP contribution in [0, 0.1) is 5.92 Å². The van der Waals surface area contributed by atoms with E-state index >= 15 is 0 Å². The lowest BCUT2D eigenvalue weighted by atomic mass is 10.1. The van der Waals surface area contributed by atoms with E-state index in [4.69, 9.17) is 9.84 Å². The van der Waals surface area contributed by atoms with Crippen LogP contribution in [-0.4, -0.2) is 74.0 Å². The van der Waals surface area contributed by atoms with Crippen LogP contribution in [0.2, 0.25) is 0 Å². The minimum Gasteiger partial charge on any atom is -0.395 e. The normalized spacial score (nSPS) is 19.8. The fourth-order valence-corrected chi connectivity index (χ4v) is 2.11. The second-order valence-electron chi connectivity index (χ2n) is 4.99. The molecule has 1 heterocycles. The van der Waals surface area contributed by atoms with E-state index in [1.165, 1.54) is 6.42 Å². The predicted molar refractivity (Wildman–Crippen MR) is 70.2 cm³/mol. The zero-order valence-corrected chi connectivity index (χ0v) is 11.4. The van der Waals surface area contributed by atoms with E-state index in [0.29, 0.717) is 5.92 Å². The van der Waals surface area contributed by atoms with Crippen LogP contribution in [0.5, 0.6) is 0 Å². The first kappa shape index (κ1) is 14.9.